The molecule has 0 aromatic heterocycles. The maximum atomic E-state index is 13.1. The van der Waals surface area contributed by atoms with Gasteiger partial charge < -0.3 is 29.6 Å². The Kier molecular flexibility index (Phi) is 12.9. The second-order valence-electron chi connectivity index (χ2n) is 10.4. The first-order valence-corrected chi connectivity index (χ1v) is 15.2. The zero-order valence-electron chi connectivity index (χ0n) is 25.4. The minimum atomic E-state index is -1.01. The highest BCUT2D eigenvalue weighted by Crippen LogP contribution is 2.32. The van der Waals surface area contributed by atoms with Gasteiger partial charge in [0.25, 0.3) is 11.8 Å². The number of nitrogens with zero attached hydrogens (tertiary/aromatic N) is 1. The number of hydrogen-bond donors (Lipinski definition) is 3. The molecule has 2 aromatic rings. The Labute approximate surface area is 261 Å². The minimum Gasteiger partial charge on any atom is -0.460 e. The van der Waals surface area contributed by atoms with Gasteiger partial charge in [0.2, 0.25) is 11.8 Å². The molecule has 2 heterocycles. The second kappa shape index (κ2) is 17.2. The number of fused-ring (bicyclic) bond motifs is 1. The topological polar surface area (TPSA) is 162 Å². The van der Waals surface area contributed by atoms with Gasteiger partial charge >= 0.3 is 5.97 Å². The molecule has 2 aliphatic heterocycles. The van der Waals surface area contributed by atoms with E-state index >= 15 is 0 Å². The van der Waals surface area contributed by atoms with Crippen molar-refractivity contribution >= 4 is 41.0 Å². The predicted octanol–water partition coefficient (Wildman–Crippen LogP) is 2.62. The van der Waals surface area contributed by atoms with Gasteiger partial charge in [0.15, 0.2) is 0 Å². The van der Waals surface area contributed by atoms with Crippen LogP contribution in [-0.4, -0.2) is 99.9 Å². The predicted molar refractivity (Wildman–Crippen MR) is 164 cm³/mol. The third-order valence-electron chi connectivity index (χ3n) is 7.21. The smallest absolute Gasteiger partial charge is 0.338 e. The first-order valence-electron chi connectivity index (χ1n) is 15.2. The van der Waals surface area contributed by atoms with Crippen LogP contribution in [0.25, 0.3) is 0 Å². The fourth-order valence-electron chi connectivity index (χ4n) is 4.87. The molecular weight excluding hydrogens is 584 g/mol. The van der Waals surface area contributed by atoms with E-state index < -0.39 is 35.6 Å². The minimum absolute atomic E-state index is 0.0633. The van der Waals surface area contributed by atoms with E-state index in [0.29, 0.717) is 50.8 Å². The normalized spacial score (nSPS) is 16.0. The molecule has 13 nitrogen and oxygen atoms in total. The van der Waals surface area contributed by atoms with E-state index in [2.05, 4.69) is 22.9 Å². The van der Waals surface area contributed by atoms with E-state index in [1.165, 1.54) is 0 Å². The first kappa shape index (κ1) is 33.6. The Morgan fingerprint density at radius 1 is 0.844 bits per heavy atom. The third kappa shape index (κ3) is 9.33. The van der Waals surface area contributed by atoms with Gasteiger partial charge in [-0.2, -0.15) is 0 Å². The van der Waals surface area contributed by atoms with Gasteiger partial charge in [0, 0.05) is 30.9 Å². The van der Waals surface area contributed by atoms with Crippen molar-refractivity contribution in [1.82, 2.24) is 10.2 Å². The summed E-state index contributed by atoms with van der Waals surface area (Å²) in [5.74, 6) is -2.58. The summed E-state index contributed by atoms with van der Waals surface area (Å²) in [5.41, 5.74) is 2.34. The average molecular weight is 625 g/mol. The Balaban J connectivity index is 1.03. The third-order valence-corrected chi connectivity index (χ3v) is 7.21. The summed E-state index contributed by atoms with van der Waals surface area (Å²) in [5, 5.41) is 8.61. The van der Waals surface area contributed by atoms with Crippen molar-refractivity contribution in [1.29, 1.82) is 0 Å². The summed E-state index contributed by atoms with van der Waals surface area (Å²) in [4.78, 5) is 62.9. The number of ether oxygens (including phenoxy) is 4. The van der Waals surface area contributed by atoms with Crippen molar-refractivity contribution < 1.29 is 42.9 Å². The Morgan fingerprint density at radius 3 is 2.22 bits per heavy atom. The lowest BCUT2D eigenvalue weighted by Gasteiger charge is -2.27. The zero-order chi connectivity index (χ0) is 32.0. The molecule has 45 heavy (non-hydrogen) atoms. The summed E-state index contributed by atoms with van der Waals surface area (Å²) in [6.45, 7) is 5.54. The summed E-state index contributed by atoms with van der Waals surface area (Å²) in [6, 6.07) is 11.1. The van der Waals surface area contributed by atoms with E-state index in [1.807, 2.05) is 12.1 Å². The summed E-state index contributed by atoms with van der Waals surface area (Å²) < 4.78 is 21.7. The van der Waals surface area contributed by atoms with E-state index in [9.17, 15) is 24.0 Å². The van der Waals surface area contributed by atoms with Gasteiger partial charge in [-0.15, -0.1) is 0 Å². The molecule has 1 saturated heterocycles. The summed E-state index contributed by atoms with van der Waals surface area (Å²) in [6.07, 6.45) is 2.37. The number of benzene rings is 2. The SMILES string of the molecule is CCCCNc1ccc(C(=O)OCCOCCOCCOCCNc2cccc3c2C(=O)N(C2CCC(=O)NC2=O)C3=O)cc1. The molecular formula is C32H40N4O9. The Bertz CT molecular complexity index is 1350. The fourth-order valence-corrected chi connectivity index (χ4v) is 4.87. The van der Waals surface area contributed by atoms with Crippen molar-refractivity contribution in [3.05, 3.63) is 59.2 Å². The standard InChI is InChI=1S/C32H40N4O9/c1-2-3-13-33-23-9-7-22(8-10-23)32(41)45-21-20-44-19-18-43-17-16-42-15-14-34-25-6-4-5-24-28(25)31(40)36(30(24)39)26-11-12-27(37)35-29(26)38/h4-10,26,33-34H,2-3,11-21H2,1H3,(H,35,37,38). The van der Waals surface area contributed by atoms with Crippen LogP contribution in [0.3, 0.4) is 0 Å². The van der Waals surface area contributed by atoms with Crippen molar-refractivity contribution in [3.63, 3.8) is 0 Å². The molecule has 242 valence electrons. The van der Waals surface area contributed by atoms with Crippen LogP contribution in [0.1, 0.15) is 63.7 Å². The van der Waals surface area contributed by atoms with Gasteiger partial charge in [-0.05, 0) is 49.2 Å². The molecule has 0 bridgehead atoms. The highest BCUT2D eigenvalue weighted by atomic mass is 16.6. The van der Waals surface area contributed by atoms with Crippen molar-refractivity contribution in [2.45, 2.75) is 38.6 Å². The van der Waals surface area contributed by atoms with Crippen LogP contribution in [0.5, 0.6) is 0 Å². The lowest BCUT2D eigenvalue weighted by molar-refractivity contribution is -0.136. The molecule has 0 saturated carbocycles. The van der Waals surface area contributed by atoms with Crippen LogP contribution in [0.15, 0.2) is 42.5 Å². The molecule has 4 rings (SSSR count). The van der Waals surface area contributed by atoms with E-state index in [-0.39, 0.29) is 37.2 Å². The number of carbonyl (C=O) groups is 5. The van der Waals surface area contributed by atoms with Crippen LogP contribution in [0.2, 0.25) is 0 Å². The van der Waals surface area contributed by atoms with Crippen LogP contribution in [0.4, 0.5) is 11.4 Å². The zero-order valence-corrected chi connectivity index (χ0v) is 25.4. The summed E-state index contributed by atoms with van der Waals surface area (Å²) >= 11 is 0. The van der Waals surface area contributed by atoms with Gasteiger partial charge in [-0.3, -0.25) is 29.4 Å². The maximum Gasteiger partial charge on any atom is 0.338 e. The molecule has 2 aliphatic rings. The second-order valence-corrected chi connectivity index (χ2v) is 10.4. The van der Waals surface area contributed by atoms with Gasteiger partial charge in [-0.1, -0.05) is 19.4 Å². The first-order chi connectivity index (χ1) is 21.9. The number of hydrogen-bond acceptors (Lipinski definition) is 11. The van der Waals surface area contributed by atoms with Crippen molar-refractivity contribution in [2.75, 3.05) is 70.0 Å². The van der Waals surface area contributed by atoms with Crippen LogP contribution >= 0.6 is 0 Å². The molecule has 1 atom stereocenters. The molecule has 0 aliphatic carbocycles. The van der Waals surface area contributed by atoms with Crippen molar-refractivity contribution in [3.8, 4) is 0 Å². The highest BCUT2D eigenvalue weighted by Gasteiger charge is 2.45. The molecule has 0 spiro atoms. The Morgan fingerprint density at radius 2 is 1.53 bits per heavy atom. The van der Waals surface area contributed by atoms with Gasteiger partial charge in [0.1, 0.15) is 12.6 Å². The molecule has 4 amide bonds. The monoisotopic (exact) mass is 624 g/mol. The fraction of sp³-hybridized carbons (Fsp3) is 0.469. The van der Waals surface area contributed by atoms with Gasteiger partial charge in [0.05, 0.1) is 56.3 Å². The quantitative estimate of drug-likeness (QED) is 0.120. The number of carbonyl (C=O) groups excluding carboxylic acids is 5. The molecule has 3 N–H and O–H groups in total. The van der Waals surface area contributed by atoms with Gasteiger partial charge in [-0.25, -0.2) is 4.79 Å². The number of anilines is 2. The van der Waals surface area contributed by atoms with E-state index in [1.54, 1.807) is 30.3 Å². The number of esters is 1. The van der Waals surface area contributed by atoms with E-state index in [4.69, 9.17) is 18.9 Å². The molecule has 1 fully saturated rings. The molecule has 1 unspecified atom stereocenters. The average Bonchev–Trinajstić information content (AvgIpc) is 3.29. The molecule has 0 radical (unpaired) electrons. The largest absolute Gasteiger partial charge is 0.460 e. The van der Waals surface area contributed by atoms with Crippen LogP contribution < -0.4 is 16.0 Å². The molecule has 2 aromatic carbocycles. The van der Waals surface area contributed by atoms with E-state index in [0.717, 1.165) is 30.0 Å². The number of unbranched alkanes of at least 4 members (excludes halogenated alkanes) is 1. The number of piperidine rings is 1. The highest BCUT2D eigenvalue weighted by molar-refractivity contribution is 6.25. The number of nitrogens with one attached hydrogen (secondary N) is 3. The maximum absolute atomic E-state index is 13.1. The van der Waals surface area contributed by atoms with Crippen molar-refractivity contribution in [2.24, 2.45) is 0 Å². The molecule has 13 heteroatoms. The summed E-state index contributed by atoms with van der Waals surface area (Å²) in [7, 11) is 0. The lowest BCUT2D eigenvalue weighted by Crippen LogP contribution is -2.54. The number of amides is 4. The van der Waals surface area contributed by atoms with Crippen LogP contribution in [0, 0.1) is 0 Å². The number of imide groups is 2. The number of rotatable bonds is 19. The Hall–Kier alpha value is -4.33. The lowest BCUT2D eigenvalue weighted by atomic mass is 10.0. The van der Waals surface area contributed by atoms with Crippen LogP contribution in [-0.2, 0) is 28.5 Å².